The van der Waals surface area contributed by atoms with Gasteiger partial charge in [-0.3, -0.25) is 4.79 Å². The number of halogens is 2. The van der Waals surface area contributed by atoms with Crippen LogP contribution in [0.1, 0.15) is 22.5 Å². The highest BCUT2D eigenvalue weighted by Gasteiger charge is 2.44. The van der Waals surface area contributed by atoms with Crippen LogP contribution in [0, 0.1) is 5.82 Å². The zero-order chi connectivity index (χ0) is 13.6. The molecule has 1 fully saturated rings. The first kappa shape index (κ1) is 12.8. The van der Waals surface area contributed by atoms with Crippen LogP contribution in [0.15, 0.2) is 18.2 Å². The Labute approximate surface area is 118 Å². The highest BCUT2D eigenvalue weighted by atomic mass is 35.5. The molecule has 1 aliphatic rings. The minimum Gasteiger partial charge on any atom is -0.394 e. The van der Waals surface area contributed by atoms with Crippen molar-refractivity contribution in [3.8, 4) is 0 Å². The molecule has 19 heavy (non-hydrogen) atoms. The second-order valence-corrected chi connectivity index (χ2v) is 6.21. The molecule has 100 valence electrons. The van der Waals surface area contributed by atoms with Crippen molar-refractivity contribution in [2.45, 2.75) is 18.4 Å². The summed E-state index contributed by atoms with van der Waals surface area (Å²) in [7, 11) is 0. The highest BCUT2D eigenvalue weighted by Crippen LogP contribution is 2.38. The minimum absolute atomic E-state index is 0.0735. The predicted octanol–water partition coefficient (Wildman–Crippen LogP) is 2.95. The molecule has 1 aliphatic carbocycles. The van der Waals surface area contributed by atoms with Crippen molar-refractivity contribution in [3.05, 3.63) is 33.9 Å². The normalized spacial score (nSPS) is 16.6. The van der Waals surface area contributed by atoms with Gasteiger partial charge in [-0.2, -0.15) is 0 Å². The summed E-state index contributed by atoms with van der Waals surface area (Å²) in [6, 6.07) is 4.25. The molecule has 1 aromatic carbocycles. The summed E-state index contributed by atoms with van der Waals surface area (Å²) in [5.41, 5.74) is -0.484. The van der Waals surface area contributed by atoms with Gasteiger partial charge in [0.05, 0.1) is 17.2 Å². The molecule has 3 rings (SSSR count). The van der Waals surface area contributed by atoms with Gasteiger partial charge in [0.1, 0.15) is 10.7 Å². The first-order chi connectivity index (χ1) is 9.04. The quantitative estimate of drug-likeness (QED) is 0.915. The number of nitrogens with one attached hydrogen (secondary N) is 1. The maximum absolute atomic E-state index is 13.1. The summed E-state index contributed by atoms with van der Waals surface area (Å²) in [6.45, 7) is -0.0735. The topological polar surface area (TPSA) is 49.3 Å². The van der Waals surface area contributed by atoms with Gasteiger partial charge in [0.25, 0.3) is 5.91 Å². The van der Waals surface area contributed by atoms with Crippen LogP contribution in [0.3, 0.4) is 0 Å². The lowest BCUT2D eigenvalue weighted by molar-refractivity contribution is 0.0911. The molecule has 2 N–H and O–H groups in total. The lowest BCUT2D eigenvalue weighted by Gasteiger charge is -2.13. The van der Waals surface area contributed by atoms with E-state index >= 15 is 0 Å². The second kappa shape index (κ2) is 4.44. The second-order valence-electron chi connectivity index (χ2n) is 4.78. The largest absolute Gasteiger partial charge is 0.394 e. The molecule has 1 saturated carbocycles. The SMILES string of the molecule is O=C(NC1(CO)CC1)c1sc2cc(F)ccc2c1Cl. The van der Waals surface area contributed by atoms with E-state index in [0.29, 0.717) is 20.0 Å². The summed E-state index contributed by atoms with van der Waals surface area (Å²) in [5, 5.41) is 13.0. The number of carbonyl (C=O) groups excluding carboxylic acids is 1. The predicted molar refractivity (Wildman–Crippen MR) is 73.3 cm³/mol. The van der Waals surface area contributed by atoms with E-state index in [1.54, 1.807) is 6.07 Å². The van der Waals surface area contributed by atoms with Crippen LogP contribution < -0.4 is 5.32 Å². The summed E-state index contributed by atoms with van der Waals surface area (Å²) >= 11 is 7.32. The molecular formula is C13H11ClFNO2S. The van der Waals surface area contributed by atoms with E-state index in [2.05, 4.69) is 5.32 Å². The van der Waals surface area contributed by atoms with Gasteiger partial charge in [-0.25, -0.2) is 4.39 Å². The zero-order valence-electron chi connectivity index (χ0n) is 9.87. The molecule has 2 aromatic rings. The number of fused-ring (bicyclic) bond motifs is 1. The third-order valence-corrected chi connectivity index (χ3v) is 4.99. The Morgan fingerprint density at radius 3 is 2.89 bits per heavy atom. The van der Waals surface area contributed by atoms with Crippen molar-refractivity contribution in [3.63, 3.8) is 0 Å². The Kier molecular flexibility index (Phi) is 3.00. The average molecular weight is 300 g/mol. The Bertz CT molecular complexity index is 666. The van der Waals surface area contributed by atoms with E-state index in [1.807, 2.05) is 0 Å². The van der Waals surface area contributed by atoms with E-state index in [9.17, 15) is 14.3 Å². The number of aliphatic hydroxyl groups is 1. The Balaban J connectivity index is 1.96. The first-order valence-corrected chi connectivity index (χ1v) is 7.05. The third kappa shape index (κ3) is 2.22. The number of benzene rings is 1. The molecule has 0 bridgehead atoms. The van der Waals surface area contributed by atoms with Gasteiger partial charge in [0, 0.05) is 10.1 Å². The van der Waals surface area contributed by atoms with E-state index in [-0.39, 0.29) is 18.3 Å². The van der Waals surface area contributed by atoms with Gasteiger partial charge in [-0.05, 0) is 31.0 Å². The molecule has 0 aliphatic heterocycles. The summed E-state index contributed by atoms with van der Waals surface area (Å²) in [5.74, 6) is -0.662. The highest BCUT2D eigenvalue weighted by molar-refractivity contribution is 7.21. The number of amides is 1. The van der Waals surface area contributed by atoms with E-state index in [4.69, 9.17) is 11.6 Å². The molecule has 1 heterocycles. The fraction of sp³-hybridized carbons (Fsp3) is 0.308. The van der Waals surface area contributed by atoms with Crippen LogP contribution in [0.4, 0.5) is 4.39 Å². The number of carbonyl (C=O) groups is 1. The number of hydrogen-bond donors (Lipinski definition) is 2. The van der Waals surface area contributed by atoms with Crippen molar-refractivity contribution in [2.75, 3.05) is 6.61 Å². The number of thiophene rings is 1. The minimum atomic E-state index is -0.484. The smallest absolute Gasteiger partial charge is 0.263 e. The molecule has 1 aromatic heterocycles. The number of aliphatic hydroxyl groups excluding tert-OH is 1. The van der Waals surface area contributed by atoms with Crippen molar-refractivity contribution in [2.24, 2.45) is 0 Å². The zero-order valence-corrected chi connectivity index (χ0v) is 11.4. The van der Waals surface area contributed by atoms with Crippen molar-refractivity contribution in [1.82, 2.24) is 5.32 Å². The Hall–Kier alpha value is -1.17. The van der Waals surface area contributed by atoms with Gasteiger partial charge in [-0.1, -0.05) is 11.6 Å². The van der Waals surface area contributed by atoms with Crippen LogP contribution in [0.25, 0.3) is 10.1 Å². The van der Waals surface area contributed by atoms with Crippen LogP contribution in [0.2, 0.25) is 5.02 Å². The van der Waals surface area contributed by atoms with E-state index in [0.717, 1.165) is 24.2 Å². The van der Waals surface area contributed by atoms with E-state index in [1.165, 1.54) is 12.1 Å². The summed E-state index contributed by atoms with van der Waals surface area (Å²) < 4.78 is 13.8. The van der Waals surface area contributed by atoms with Crippen molar-refractivity contribution >= 4 is 38.9 Å². The van der Waals surface area contributed by atoms with Crippen LogP contribution in [-0.4, -0.2) is 23.2 Å². The summed E-state index contributed by atoms with van der Waals surface area (Å²) in [6.07, 6.45) is 1.54. The number of hydrogen-bond acceptors (Lipinski definition) is 3. The van der Waals surface area contributed by atoms with Gasteiger partial charge >= 0.3 is 0 Å². The van der Waals surface area contributed by atoms with Crippen LogP contribution in [-0.2, 0) is 0 Å². The van der Waals surface area contributed by atoms with Gasteiger partial charge < -0.3 is 10.4 Å². The lowest BCUT2D eigenvalue weighted by atomic mass is 10.2. The van der Waals surface area contributed by atoms with Crippen LogP contribution in [0.5, 0.6) is 0 Å². The molecule has 0 atom stereocenters. The molecule has 6 heteroatoms. The molecular weight excluding hydrogens is 289 g/mol. The first-order valence-electron chi connectivity index (χ1n) is 5.86. The van der Waals surface area contributed by atoms with Gasteiger partial charge in [-0.15, -0.1) is 11.3 Å². The maximum Gasteiger partial charge on any atom is 0.263 e. The van der Waals surface area contributed by atoms with E-state index < -0.39 is 5.54 Å². The van der Waals surface area contributed by atoms with Gasteiger partial charge in [0.15, 0.2) is 0 Å². The molecule has 0 saturated heterocycles. The fourth-order valence-corrected chi connectivity index (χ4v) is 3.39. The molecule has 0 unspecified atom stereocenters. The lowest BCUT2D eigenvalue weighted by Crippen LogP contribution is -2.39. The maximum atomic E-state index is 13.1. The van der Waals surface area contributed by atoms with Crippen molar-refractivity contribution in [1.29, 1.82) is 0 Å². The summed E-state index contributed by atoms with van der Waals surface area (Å²) in [4.78, 5) is 12.5. The monoisotopic (exact) mass is 299 g/mol. The molecule has 3 nitrogen and oxygen atoms in total. The van der Waals surface area contributed by atoms with Crippen molar-refractivity contribution < 1.29 is 14.3 Å². The fourth-order valence-electron chi connectivity index (χ4n) is 1.96. The standard InChI is InChI=1S/C13H11ClFNO2S/c14-10-8-2-1-7(15)5-9(8)19-11(10)12(18)16-13(6-17)3-4-13/h1-2,5,17H,3-4,6H2,(H,16,18). The molecule has 0 radical (unpaired) electrons. The Morgan fingerprint density at radius 1 is 1.53 bits per heavy atom. The molecule has 1 amide bonds. The Morgan fingerprint density at radius 2 is 2.26 bits per heavy atom. The van der Waals surface area contributed by atoms with Crippen LogP contribution >= 0.6 is 22.9 Å². The number of rotatable bonds is 3. The van der Waals surface area contributed by atoms with Gasteiger partial charge in [0.2, 0.25) is 0 Å². The third-order valence-electron chi connectivity index (χ3n) is 3.33. The molecule has 0 spiro atoms. The average Bonchev–Trinajstić information content (AvgIpc) is 3.08.